The Kier molecular flexibility index (Phi) is 2.02. The summed E-state index contributed by atoms with van der Waals surface area (Å²) in [6, 6.07) is 0. The Bertz CT molecular complexity index is 335. The Morgan fingerprint density at radius 1 is 1.00 bits per heavy atom. The third kappa shape index (κ3) is 1.07. The van der Waals surface area contributed by atoms with E-state index in [1.54, 1.807) is 0 Å². The summed E-state index contributed by atoms with van der Waals surface area (Å²) in [4.78, 5) is 0.881. The number of hydrogen-bond acceptors (Lipinski definition) is 3. The highest BCUT2D eigenvalue weighted by molar-refractivity contribution is 7.68. The normalized spacial score (nSPS) is 11.2. The number of fused-ring (bicyclic) bond motifs is 1. The van der Waals surface area contributed by atoms with Crippen LogP contribution in [-0.4, -0.2) is 4.37 Å². The van der Waals surface area contributed by atoms with Gasteiger partial charge in [-0.2, -0.15) is 4.37 Å². The maximum atomic E-state index is 5.85. The molecule has 1 nitrogen and oxygen atoms in total. The zero-order valence-corrected chi connectivity index (χ0v) is 8.80. The van der Waals surface area contributed by atoms with Crippen LogP contribution < -0.4 is 0 Å². The third-order valence-corrected chi connectivity index (χ3v) is 4.53. The van der Waals surface area contributed by atoms with Crippen LogP contribution in [0.2, 0.25) is 15.1 Å². The maximum absolute atomic E-state index is 5.85. The molecule has 1 heterocycles. The standard InChI is InChI=1S/C5Cl3NS2/c6-1-2(7)4-5(3(1)8)10-11-9-4. The van der Waals surface area contributed by atoms with E-state index in [9.17, 15) is 0 Å². The number of nitrogens with zero attached hydrogens (tertiary/aromatic N) is 1. The summed E-state index contributed by atoms with van der Waals surface area (Å²) in [6.07, 6.45) is 0. The third-order valence-electron chi connectivity index (χ3n) is 1.26. The molecule has 0 atom stereocenters. The Morgan fingerprint density at radius 3 is 2.36 bits per heavy atom. The minimum absolute atomic E-state index is 0.412. The molecule has 0 saturated heterocycles. The van der Waals surface area contributed by atoms with E-state index in [0.717, 1.165) is 10.6 Å². The highest BCUT2D eigenvalue weighted by atomic mass is 35.5. The number of aromatic nitrogens is 1. The van der Waals surface area contributed by atoms with E-state index in [1.165, 1.54) is 20.9 Å². The van der Waals surface area contributed by atoms with Crippen LogP contribution in [0.4, 0.5) is 0 Å². The Hall–Kier alpha value is 0.460. The lowest BCUT2D eigenvalue weighted by Gasteiger charge is -1.81. The zero-order chi connectivity index (χ0) is 8.01. The lowest BCUT2D eigenvalue weighted by molar-refractivity contribution is 1.59. The van der Waals surface area contributed by atoms with Gasteiger partial charge in [0.25, 0.3) is 0 Å². The quantitative estimate of drug-likeness (QED) is 0.631. The largest absolute Gasteiger partial charge is 0.180 e. The van der Waals surface area contributed by atoms with E-state index >= 15 is 0 Å². The summed E-state index contributed by atoms with van der Waals surface area (Å²) in [5.74, 6) is 0. The van der Waals surface area contributed by atoms with Gasteiger partial charge in [0.15, 0.2) is 0 Å². The summed E-state index contributed by atoms with van der Waals surface area (Å²) in [5.41, 5.74) is 0.719. The van der Waals surface area contributed by atoms with E-state index in [1.807, 2.05) is 0 Å². The number of halogens is 3. The fourth-order valence-corrected chi connectivity index (χ4v) is 3.69. The van der Waals surface area contributed by atoms with Crippen LogP contribution in [-0.2, 0) is 0 Å². The van der Waals surface area contributed by atoms with Crippen molar-refractivity contribution in [3.05, 3.63) is 15.1 Å². The molecule has 0 fully saturated rings. The molecule has 2 aliphatic rings. The average Bonchev–Trinajstić information content (AvgIpc) is 2.53. The first-order chi connectivity index (χ1) is 5.22. The molecule has 0 bridgehead atoms. The van der Waals surface area contributed by atoms with Crippen LogP contribution in [0.15, 0.2) is 0 Å². The molecule has 0 amide bonds. The van der Waals surface area contributed by atoms with Crippen LogP contribution in [0.3, 0.4) is 0 Å². The Morgan fingerprint density at radius 2 is 1.73 bits per heavy atom. The molecule has 0 saturated carbocycles. The van der Waals surface area contributed by atoms with E-state index < -0.39 is 0 Å². The van der Waals surface area contributed by atoms with Crippen LogP contribution in [0.25, 0.3) is 10.6 Å². The number of rotatable bonds is 0. The van der Waals surface area contributed by atoms with Crippen molar-refractivity contribution in [3.63, 3.8) is 0 Å². The van der Waals surface area contributed by atoms with Gasteiger partial charge in [-0.3, -0.25) is 0 Å². The van der Waals surface area contributed by atoms with Crippen LogP contribution >= 0.6 is 55.7 Å². The number of hydrogen-bond donors (Lipinski definition) is 0. The van der Waals surface area contributed by atoms with Crippen LogP contribution in [0.1, 0.15) is 0 Å². The molecular formula is C5Cl3NS2. The van der Waals surface area contributed by atoms with Gasteiger partial charge < -0.3 is 0 Å². The minimum Gasteiger partial charge on any atom is -0.180 e. The summed E-state index contributed by atoms with van der Waals surface area (Å²) >= 11 is 17.4. The van der Waals surface area contributed by atoms with Crippen molar-refractivity contribution in [2.45, 2.75) is 0 Å². The van der Waals surface area contributed by atoms with E-state index in [0.29, 0.717) is 15.1 Å². The second kappa shape index (κ2) is 2.75. The predicted molar refractivity (Wildman–Crippen MR) is 51.6 cm³/mol. The Labute approximate surface area is 85.4 Å². The summed E-state index contributed by atoms with van der Waals surface area (Å²) in [6.45, 7) is 0. The first kappa shape index (κ1) is 8.08. The van der Waals surface area contributed by atoms with E-state index in [4.69, 9.17) is 34.8 Å². The summed E-state index contributed by atoms with van der Waals surface area (Å²) in [7, 11) is 2.84. The molecule has 1 aliphatic carbocycles. The van der Waals surface area contributed by atoms with Crippen molar-refractivity contribution in [1.82, 2.24) is 4.37 Å². The summed E-state index contributed by atoms with van der Waals surface area (Å²) < 4.78 is 4.06. The van der Waals surface area contributed by atoms with Gasteiger partial charge in [-0.05, 0) is 0 Å². The highest BCUT2D eigenvalue weighted by Gasteiger charge is 2.22. The minimum atomic E-state index is 0.412. The fourth-order valence-electron chi connectivity index (χ4n) is 0.754. The van der Waals surface area contributed by atoms with Gasteiger partial charge in [0.2, 0.25) is 0 Å². The fraction of sp³-hybridized carbons (Fsp3) is 0. The van der Waals surface area contributed by atoms with Crippen molar-refractivity contribution < 1.29 is 0 Å². The van der Waals surface area contributed by atoms with Crippen molar-refractivity contribution in [1.29, 1.82) is 0 Å². The molecule has 6 heteroatoms. The van der Waals surface area contributed by atoms with Crippen LogP contribution in [0, 0.1) is 0 Å². The van der Waals surface area contributed by atoms with Crippen molar-refractivity contribution in [2.75, 3.05) is 0 Å². The van der Waals surface area contributed by atoms with Gasteiger partial charge >= 0.3 is 0 Å². The molecule has 0 radical (unpaired) electrons. The van der Waals surface area contributed by atoms with Gasteiger partial charge in [0, 0.05) is 10.5 Å². The predicted octanol–water partition coefficient (Wildman–Crippen LogP) is 4.27. The van der Waals surface area contributed by atoms with Gasteiger partial charge in [0.05, 0.1) is 19.9 Å². The molecule has 11 heavy (non-hydrogen) atoms. The van der Waals surface area contributed by atoms with Crippen molar-refractivity contribution in [3.8, 4) is 10.6 Å². The van der Waals surface area contributed by atoms with Crippen molar-refractivity contribution in [2.24, 2.45) is 0 Å². The molecular weight excluding hydrogens is 245 g/mol. The second-order valence-electron chi connectivity index (χ2n) is 1.87. The van der Waals surface area contributed by atoms with Gasteiger partial charge in [0.1, 0.15) is 5.69 Å². The highest BCUT2D eigenvalue weighted by Crippen LogP contribution is 2.48. The van der Waals surface area contributed by atoms with Crippen molar-refractivity contribution >= 4 is 55.7 Å². The van der Waals surface area contributed by atoms with Gasteiger partial charge in [-0.25, -0.2) is 0 Å². The molecule has 58 valence electrons. The summed E-state index contributed by atoms with van der Waals surface area (Å²) in [5, 5.41) is 1.39. The molecule has 0 spiro atoms. The van der Waals surface area contributed by atoms with E-state index in [-0.39, 0.29) is 0 Å². The molecule has 0 aromatic carbocycles. The lowest BCUT2D eigenvalue weighted by atomic mass is 10.5. The zero-order valence-electron chi connectivity index (χ0n) is 4.90. The SMILES string of the molecule is Clc1c2nssc-2c(Cl)c1Cl. The molecule has 0 aromatic rings. The molecule has 2 rings (SSSR count). The first-order valence-electron chi connectivity index (χ1n) is 2.59. The monoisotopic (exact) mass is 243 g/mol. The molecule has 0 aromatic heterocycles. The van der Waals surface area contributed by atoms with E-state index in [2.05, 4.69) is 4.37 Å². The maximum Gasteiger partial charge on any atom is 0.117 e. The lowest BCUT2D eigenvalue weighted by Crippen LogP contribution is -1.63. The second-order valence-corrected chi connectivity index (χ2v) is 4.86. The van der Waals surface area contributed by atoms with Gasteiger partial charge in [-0.1, -0.05) is 45.1 Å². The molecule has 1 aliphatic heterocycles. The first-order valence-corrected chi connectivity index (χ1v) is 5.83. The smallest absolute Gasteiger partial charge is 0.117 e. The topological polar surface area (TPSA) is 12.9 Å². The molecule has 0 unspecified atom stereocenters. The average molecular weight is 245 g/mol. The van der Waals surface area contributed by atoms with Gasteiger partial charge in [-0.15, -0.1) is 0 Å². The Balaban J connectivity index is 2.85. The molecule has 0 N–H and O–H groups in total. The van der Waals surface area contributed by atoms with Crippen LogP contribution in [0.5, 0.6) is 0 Å².